The van der Waals surface area contributed by atoms with Gasteiger partial charge in [-0.3, -0.25) is 19.2 Å². The summed E-state index contributed by atoms with van der Waals surface area (Å²) in [5.74, 6) is -1.98. The molecule has 1 heterocycles. The number of nitrogens with one attached hydrogen (secondary N) is 4. The second-order valence-electron chi connectivity index (χ2n) is 14.2. The maximum atomic E-state index is 14.0. The van der Waals surface area contributed by atoms with Crippen LogP contribution in [0.15, 0.2) is 35.7 Å². The van der Waals surface area contributed by atoms with Crippen molar-refractivity contribution in [2.45, 2.75) is 138 Å². The van der Waals surface area contributed by atoms with Crippen LogP contribution in [0, 0.1) is 11.3 Å². The molecule has 0 aliphatic carbocycles. The summed E-state index contributed by atoms with van der Waals surface area (Å²) in [5, 5.41) is 22.9. The van der Waals surface area contributed by atoms with E-state index in [1.807, 2.05) is 71.9 Å². The van der Waals surface area contributed by atoms with E-state index in [-0.39, 0.29) is 42.8 Å². The molecular formula is C41H70N6O7S. The highest BCUT2D eigenvalue weighted by Crippen LogP contribution is 2.32. The van der Waals surface area contributed by atoms with Crippen LogP contribution in [0.25, 0.3) is 0 Å². The lowest BCUT2D eigenvalue weighted by Crippen LogP contribution is -2.54. The first-order valence-corrected chi connectivity index (χ1v) is 20.6. The number of carbonyl (C=O) groups excluding carboxylic acids is 4. The SMILES string of the molecule is CC.CCC.CCC[C@H](NC(=O)CNC)C(=O)N(CCC)C(CC(OC(=O)NC)c1nc(C(=O)NC(Cc2ccccc2)CC(C)(C)C(=O)O)cs1)C(C)C. The zero-order valence-electron chi connectivity index (χ0n) is 35.4. The number of alkyl carbamates (subject to hydrolysis) is 1. The molecule has 0 saturated carbocycles. The van der Waals surface area contributed by atoms with Gasteiger partial charge >= 0.3 is 12.1 Å². The number of likely N-dealkylation sites (N-methyl/N-ethyl adjacent to an activating group) is 1. The summed E-state index contributed by atoms with van der Waals surface area (Å²) in [6.45, 7) is 19.9. The van der Waals surface area contributed by atoms with E-state index in [0.29, 0.717) is 37.2 Å². The van der Waals surface area contributed by atoms with Crippen LogP contribution in [-0.2, 0) is 25.5 Å². The van der Waals surface area contributed by atoms with Crippen LogP contribution >= 0.6 is 11.3 Å². The number of rotatable bonds is 21. The van der Waals surface area contributed by atoms with Gasteiger partial charge in [-0.2, -0.15) is 0 Å². The standard InChI is InChI=1S/C36H56N6O7S.C3H8.C2H6/c1-9-14-26(40-30(43)21-37-7)33(45)42(17-10-2)28(23(3)4)19-29(49-35(48)38-8)32-41-27(22-50-32)31(44)39-25(20-36(5,6)34(46)47)18-24-15-12-11-13-16-24;1-3-2;1-2/h11-13,15-16,22-23,25-26,28-29,37H,9-10,14,17-21H2,1-8H3,(H,38,48)(H,39,44)(H,40,43)(H,46,47);3H2,1-2H3;1-2H3/t25?,26-,28?,29?;;/m0../s1. The quantitative estimate of drug-likeness (QED) is 0.0892. The highest BCUT2D eigenvalue weighted by molar-refractivity contribution is 7.09. The van der Waals surface area contributed by atoms with Crippen LogP contribution in [0.2, 0.25) is 0 Å². The zero-order chi connectivity index (χ0) is 42.1. The molecule has 0 bridgehead atoms. The van der Waals surface area contributed by atoms with Gasteiger partial charge in [0.1, 0.15) is 16.7 Å². The minimum Gasteiger partial charge on any atom is -0.481 e. The van der Waals surface area contributed by atoms with Gasteiger partial charge in [0, 0.05) is 37.5 Å². The van der Waals surface area contributed by atoms with E-state index in [2.05, 4.69) is 40.1 Å². The monoisotopic (exact) mass is 791 g/mol. The number of carboxylic acid groups (broad SMARTS) is 1. The van der Waals surface area contributed by atoms with E-state index in [4.69, 9.17) is 4.74 Å². The predicted octanol–water partition coefficient (Wildman–Crippen LogP) is 6.98. The molecule has 13 nitrogen and oxygen atoms in total. The summed E-state index contributed by atoms with van der Waals surface area (Å²) in [4.78, 5) is 71.0. The van der Waals surface area contributed by atoms with Gasteiger partial charge in [-0.1, -0.05) is 98.6 Å². The lowest BCUT2D eigenvalue weighted by Gasteiger charge is -2.38. The third-order valence-electron chi connectivity index (χ3n) is 8.40. The zero-order valence-corrected chi connectivity index (χ0v) is 36.2. The normalized spacial score (nSPS) is 13.0. The smallest absolute Gasteiger partial charge is 0.407 e. The van der Waals surface area contributed by atoms with Gasteiger partial charge in [0.15, 0.2) is 6.10 Å². The molecule has 0 fully saturated rings. The van der Waals surface area contributed by atoms with Crippen LogP contribution < -0.4 is 21.3 Å². The molecule has 0 spiro atoms. The van der Waals surface area contributed by atoms with Crippen molar-refractivity contribution in [3.63, 3.8) is 0 Å². The highest BCUT2D eigenvalue weighted by atomic mass is 32.1. The summed E-state index contributed by atoms with van der Waals surface area (Å²) >= 11 is 1.16. The van der Waals surface area contributed by atoms with Crippen molar-refractivity contribution < 1.29 is 33.8 Å². The first kappa shape index (κ1) is 51.0. The van der Waals surface area contributed by atoms with Crippen LogP contribution in [0.3, 0.4) is 0 Å². The highest BCUT2D eigenvalue weighted by Gasteiger charge is 2.36. The summed E-state index contributed by atoms with van der Waals surface area (Å²) in [7, 11) is 3.11. The molecule has 0 aliphatic heterocycles. The van der Waals surface area contributed by atoms with Gasteiger partial charge in [-0.15, -0.1) is 11.3 Å². The lowest BCUT2D eigenvalue weighted by molar-refractivity contribution is -0.147. The maximum absolute atomic E-state index is 14.0. The van der Waals surface area contributed by atoms with Crippen LogP contribution in [0.5, 0.6) is 0 Å². The van der Waals surface area contributed by atoms with E-state index in [1.54, 1.807) is 31.2 Å². The third-order valence-corrected chi connectivity index (χ3v) is 9.34. The van der Waals surface area contributed by atoms with Crippen molar-refractivity contribution in [1.82, 2.24) is 31.2 Å². The molecule has 55 heavy (non-hydrogen) atoms. The number of ether oxygens (including phenoxy) is 1. The molecule has 2 aromatic rings. The molecule has 14 heteroatoms. The van der Waals surface area contributed by atoms with Gasteiger partial charge in [0.25, 0.3) is 5.91 Å². The third kappa shape index (κ3) is 18.4. The molecule has 2 rings (SSSR count). The van der Waals surface area contributed by atoms with Gasteiger partial charge in [0.2, 0.25) is 11.8 Å². The Morgan fingerprint density at radius 1 is 0.964 bits per heavy atom. The average Bonchev–Trinajstić information content (AvgIpc) is 3.64. The molecule has 1 aromatic heterocycles. The first-order valence-electron chi connectivity index (χ1n) is 19.7. The Balaban J connectivity index is 0.00000554. The number of amides is 4. The topological polar surface area (TPSA) is 179 Å². The first-order chi connectivity index (χ1) is 26.1. The Morgan fingerprint density at radius 2 is 1.58 bits per heavy atom. The summed E-state index contributed by atoms with van der Waals surface area (Å²) in [6.07, 6.45) is 2.32. The second kappa shape index (κ2) is 27.5. The van der Waals surface area contributed by atoms with E-state index < -0.39 is 47.6 Å². The molecule has 4 amide bonds. The van der Waals surface area contributed by atoms with Crippen molar-refractivity contribution in [3.05, 3.63) is 52.0 Å². The van der Waals surface area contributed by atoms with Gasteiger partial charge in [-0.25, -0.2) is 9.78 Å². The van der Waals surface area contributed by atoms with Crippen molar-refractivity contribution in [1.29, 1.82) is 0 Å². The molecule has 4 atom stereocenters. The molecule has 312 valence electrons. The average molecular weight is 791 g/mol. The number of nitrogens with zero attached hydrogens (tertiary/aromatic N) is 2. The van der Waals surface area contributed by atoms with Crippen molar-refractivity contribution in [2.75, 3.05) is 27.2 Å². The minimum atomic E-state index is -1.09. The number of aliphatic carboxylic acids is 1. The Morgan fingerprint density at radius 3 is 2.09 bits per heavy atom. The predicted molar refractivity (Wildman–Crippen MR) is 221 cm³/mol. The summed E-state index contributed by atoms with van der Waals surface area (Å²) in [5.41, 5.74) is -0.0310. The Labute approximate surface area is 334 Å². The molecule has 3 unspecified atom stereocenters. The molecule has 1 aromatic carbocycles. The van der Waals surface area contributed by atoms with Crippen LogP contribution in [0.4, 0.5) is 4.79 Å². The van der Waals surface area contributed by atoms with Crippen molar-refractivity contribution in [3.8, 4) is 0 Å². The molecule has 5 N–H and O–H groups in total. The van der Waals surface area contributed by atoms with Crippen molar-refractivity contribution >= 4 is 41.1 Å². The molecule has 0 aliphatic rings. The van der Waals surface area contributed by atoms with Crippen LogP contribution in [-0.4, -0.2) is 90.1 Å². The fourth-order valence-electron chi connectivity index (χ4n) is 5.77. The Kier molecular flexibility index (Phi) is 25.5. The van der Waals surface area contributed by atoms with Crippen LogP contribution in [0.1, 0.15) is 135 Å². The van der Waals surface area contributed by atoms with E-state index >= 15 is 0 Å². The van der Waals surface area contributed by atoms with E-state index in [9.17, 15) is 29.1 Å². The number of carbonyl (C=O) groups is 5. The van der Waals surface area contributed by atoms with Crippen molar-refractivity contribution in [2.24, 2.45) is 11.3 Å². The minimum absolute atomic E-state index is 0.0596. The number of carboxylic acids is 1. The number of hydrogen-bond acceptors (Lipinski definition) is 9. The van der Waals surface area contributed by atoms with Gasteiger partial charge in [0.05, 0.1) is 12.0 Å². The number of benzene rings is 1. The fourth-order valence-corrected chi connectivity index (χ4v) is 6.61. The maximum Gasteiger partial charge on any atom is 0.407 e. The van der Waals surface area contributed by atoms with Gasteiger partial charge < -0.3 is 36.0 Å². The molecule has 0 radical (unpaired) electrons. The molecule has 0 saturated heterocycles. The van der Waals surface area contributed by atoms with E-state index in [1.165, 1.54) is 13.5 Å². The summed E-state index contributed by atoms with van der Waals surface area (Å²) < 4.78 is 5.81. The molecular weight excluding hydrogens is 721 g/mol. The van der Waals surface area contributed by atoms with Gasteiger partial charge in [-0.05, 0) is 58.1 Å². The number of aromatic nitrogens is 1. The number of thiazole rings is 1. The number of hydrogen-bond donors (Lipinski definition) is 5. The second-order valence-corrected chi connectivity index (χ2v) is 15.1. The Bertz CT molecular complexity index is 1420. The lowest BCUT2D eigenvalue weighted by atomic mass is 9.84. The van der Waals surface area contributed by atoms with E-state index in [0.717, 1.165) is 16.9 Å². The summed E-state index contributed by atoms with van der Waals surface area (Å²) in [6, 6.07) is 7.91. The Hall–Kier alpha value is -4.04. The largest absolute Gasteiger partial charge is 0.481 e. The fraction of sp³-hybridized carbons (Fsp3) is 0.659.